The third kappa shape index (κ3) is 1.98. The zero-order valence-electron chi connectivity index (χ0n) is 7.90. The molecule has 3 nitrogen and oxygen atoms in total. The van der Waals surface area contributed by atoms with Gasteiger partial charge in [-0.3, -0.25) is 4.79 Å². The lowest BCUT2D eigenvalue weighted by Crippen LogP contribution is -1.95. The van der Waals surface area contributed by atoms with Gasteiger partial charge in [-0.25, -0.2) is 4.39 Å². The summed E-state index contributed by atoms with van der Waals surface area (Å²) >= 11 is 0. The highest BCUT2D eigenvalue weighted by atomic mass is 19.1. The maximum atomic E-state index is 12.8. The molecule has 0 amide bonds. The number of carbonyl (C=O) groups is 1. The van der Waals surface area contributed by atoms with E-state index in [1.165, 1.54) is 18.4 Å². The fraction of sp³-hybridized carbons (Fsp3) is 0.182. The fourth-order valence-corrected chi connectivity index (χ4v) is 1.48. The van der Waals surface area contributed by atoms with Gasteiger partial charge in [0.15, 0.2) is 0 Å². The summed E-state index contributed by atoms with van der Waals surface area (Å²) in [6.07, 6.45) is 1.99. The van der Waals surface area contributed by atoms with Gasteiger partial charge in [0, 0.05) is 17.2 Å². The van der Waals surface area contributed by atoms with E-state index >= 15 is 0 Å². The summed E-state index contributed by atoms with van der Waals surface area (Å²) in [6.45, 7) is 0.661. The highest BCUT2D eigenvalue weighted by Gasteiger charge is 2.06. The first-order valence-electron chi connectivity index (χ1n) is 4.52. The third-order valence-corrected chi connectivity index (χ3v) is 2.16. The topological polar surface area (TPSA) is 39.4 Å². The Hall–Kier alpha value is -1.84. The molecule has 0 aliphatic rings. The molecule has 0 fully saturated rings. The number of furan rings is 1. The van der Waals surface area contributed by atoms with E-state index in [1.807, 2.05) is 0 Å². The van der Waals surface area contributed by atoms with Crippen LogP contribution in [0.4, 0.5) is 4.39 Å². The van der Waals surface area contributed by atoms with Crippen LogP contribution in [0.5, 0.6) is 0 Å². The molecule has 0 atom stereocenters. The van der Waals surface area contributed by atoms with Gasteiger partial charge in [0.2, 0.25) is 0 Å². The molecule has 0 saturated carbocycles. The van der Waals surface area contributed by atoms with E-state index in [1.54, 1.807) is 6.07 Å². The van der Waals surface area contributed by atoms with E-state index in [0.717, 1.165) is 10.8 Å². The van der Waals surface area contributed by atoms with Crippen molar-refractivity contribution in [2.45, 2.75) is 6.42 Å². The zero-order valence-corrected chi connectivity index (χ0v) is 7.90. The summed E-state index contributed by atoms with van der Waals surface area (Å²) in [5.41, 5.74) is 0. The van der Waals surface area contributed by atoms with Crippen molar-refractivity contribution in [1.29, 1.82) is 0 Å². The number of halogens is 1. The quantitative estimate of drug-likeness (QED) is 0.571. The van der Waals surface area contributed by atoms with Crippen molar-refractivity contribution in [2.24, 2.45) is 0 Å². The van der Waals surface area contributed by atoms with Gasteiger partial charge in [-0.1, -0.05) is 0 Å². The van der Waals surface area contributed by atoms with Crippen LogP contribution < -0.4 is 0 Å². The molecule has 2 aromatic rings. The van der Waals surface area contributed by atoms with E-state index in [-0.39, 0.29) is 12.4 Å². The number of fused-ring (bicyclic) bond motifs is 1. The predicted octanol–water partition coefficient (Wildman–Crippen LogP) is 2.29. The number of carbonyl (C=O) groups excluding carboxylic acids is 1. The Kier molecular flexibility index (Phi) is 2.67. The molecule has 0 radical (unpaired) electrons. The van der Waals surface area contributed by atoms with Crippen LogP contribution in [0.3, 0.4) is 0 Å². The molecule has 0 aliphatic carbocycles. The molecule has 2 rings (SSSR count). The third-order valence-electron chi connectivity index (χ3n) is 2.16. The van der Waals surface area contributed by atoms with E-state index < -0.39 is 0 Å². The smallest absolute Gasteiger partial charge is 0.293 e. The Bertz CT molecular complexity index is 476. The molecular weight excluding hydrogens is 199 g/mol. The van der Waals surface area contributed by atoms with Gasteiger partial charge < -0.3 is 9.15 Å². The average Bonchev–Trinajstić information content (AvgIpc) is 2.61. The zero-order chi connectivity index (χ0) is 10.7. The highest BCUT2D eigenvalue weighted by molar-refractivity contribution is 5.84. The summed E-state index contributed by atoms with van der Waals surface area (Å²) in [5, 5.41) is 1.57. The van der Waals surface area contributed by atoms with Crippen molar-refractivity contribution in [1.82, 2.24) is 0 Å². The van der Waals surface area contributed by atoms with Gasteiger partial charge in [0.05, 0.1) is 12.9 Å². The van der Waals surface area contributed by atoms with Crippen molar-refractivity contribution < 1.29 is 18.3 Å². The minimum Gasteiger partial charge on any atom is -0.468 e. The van der Waals surface area contributed by atoms with Crippen LogP contribution in [0.2, 0.25) is 0 Å². The predicted molar refractivity (Wildman–Crippen MR) is 51.9 cm³/mol. The molecular formula is C11H9FO3. The molecule has 0 aliphatic heterocycles. The Labute approximate surface area is 85.4 Å². The van der Waals surface area contributed by atoms with Crippen molar-refractivity contribution >= 4 is 17.2 Å². The van der Waals surface area contributed by atoms with Gasteiger partial charge in [-0.2, -0.15) is 0 Å². The number of hydrogen-bond acceptors (Lipinski definition) is 3. The summed E-state index contributed by atoms with van der Waals surface area (Å²) in [4.78, 5) is 9.94. The molecule has 1 heterocycles. The van der Waals surface area contributed by atoms with Gasteiger partial charge >= 0.3 is 0 Å². The lowest BCUT2D eigenvalue weighted by molar-refractivity contribution is -0.128. The summed E-state index contributed by atoms with van der Waals surface area (Å²) in [7, 11) is 0. The lowest BCUT2D eigenvalue weighted by Gasteiger charge is -1.96. The fourth-order valence-electron chi connectivity index (χ4n) is 1.48. The summed E-state index contributed by atoms with van der Waals surface area (Å²) < 4.78 is 22.7. The van der Waals surface area contributed by atoms with Crippen LogP contribution >= 0.6 is 0 Å². The molecule has 0 N–H and O–H groups in total. The number of rotatable bonds is 4. The van der Waals surface area contributed by atoms with E-state index in [4.69, 9.17) is 4.42 Å². The van der Waals surface area contributed by atoms with Crippen molar-refractivity contribution in [3.63, 3.8) is 0 Å². The maximum absolute atomic E-state index is 12.8. The average molecular weight is 208 g/mol. The molecule has 78 valence electrons. The molecule has 1 aromatic carbocycles. The van der Waals surface area contributed by atoms with Gasteiger partial charge in [0.1, 0.15) is 11.6 Å². The molecule has 15 heavy (non-hydrogen) atoms. The molecule has 0 bridgehead atoms. The Morgan fingerprint density at radius 1 is 1.47 bits per heavy atom. The second-order valence-electron chi connectivity index (χ2n) is 3.11. The van der Waals surface area contributed by atoms with Crippen LogP contribution in [0.25, 0.3) is 10.8 Å². The van der Waals surface area contributed by atoms with Gasteiger partial charge in [-0.05, 0) is 18.2 Å². The second kappa shape index (κ2) is 4.13. The first kappa shape index (κ1) is 9.71. The second-order valence-corrected chi connectivity index (χ2v) is 3.11. The van der Waals surface area contributed by atoms with Gasteiger partial charge in [0.25, 0.3) is 6.47 Å². The Morgan fingerprint density at radius 2 is 2.33 bits per heavy atom. The van der Waals surface area contributed by atoms with Crippen molar-refractivity contribution in [3.05, 3.63) is 36.0 Å². The molecule has 0 unspecified atom stereocenters. The van der Waals surface area contributed by atoms with E-state index in [2.05, 4.69) is 4.74 Å². The molecule has 0 spiro atoms. The Balaban J connectivity index is 2.24. The maximum Gasteiger partial charge on any atom is 0.293 e. The molecule has 0 saturated heterocycles. The standard InChI is InChI=1S/C11H9FO3/c12-9-1-2-10-8(5-9)6-15-11(10)3-4-14-7-13/h1-2,5-7H,3-4H2. The van der Waals surface area contributed by atoms with Crippen molar-refractivity contribution in [3.8, 4) is 0 Å². The number of ether oxygens (including phenoxy) is 1. The summed E-state index contributed by atoms with van der Waals surface area (Å²) in [5.74, 6) is 0.408. The SMILES string of the molecule is O=COCCc1occ2cc(F)ccc12. The highest BCUT2D eigenvalue weighted by Crippen LogP contribution is 2.22. The minimum absolute atomic E-state index is 0.267. The lowest BCUT2D eigenvalue weighted by atomic mass is 10.1. The first-order chi connectivity index (χ1) is 7.31. The van der Waals surface area contributed by atoms with Crippen LogP contribution in [-0.4, -0.2) is 13.1 Å². The number of benzene rings is 1. The molecule has 1 aromatic heterocycles. The largest absolute Gasteiger partial charge is 0.468 e. The molecule has 4 heteroatoms. The van der Waals surface area contributed by atoms with Gasteiger partial charge in [-0.15, -0.1) is 0 Å². The van der Waals surface area contributed by atoms with Crippen LogP contribution in [0, 0.1) is 5.82 Å². The summed E-state index contributed by atoms with van der Waals surface area (Å²) in [6, 6.07) is 4.44. The minimum atomic E-state index is -0.293. The number of hydrogen-bond donors (Lipinski definition) is 0. The van der Waals surface area contributed by atoms with E-state index in [9.17, 15) is 9.18 Å². The monoisotopic (exact) mass is 208 g/mol. The Morgan fingerprint density at radius 3 is 3.13 bits per heavy atom. The van der Waals surface area contributed by atoms with Crippen LogP contribution in [0.15, 0.2) is 28.9 Å². The normalized spacial score (nSPS) is 10.5. The van der Waals surface area contributed by atoms with E-state index in [0.29, 0.717) is 18.7 Å². The van der Waals surface area contributed by atoms with Crippen molar-refractivity contribution in [2.75, 3.05) is 6.61 Å². The first-order valence-corrected chi connectivity index (χ1v) is 4.52. The van der Waals surface area contributed by atoms with Crippen LogP contribution in [-0.2, 0) is 16.0 Å². The van der Waals surface area contributed by atoms with Crippen LogP contribution in [0.1, 0.15) is 5.76 Å².